The molecule has 21 heavy (non-hydrogen) atoms. The van der Waals surface area contributed by atoms with E-state index in [1.807, 2.05) is 15.7 Å². The third-order valence-corrected chi connectivity index (χ3v) is 3.80. The Balaban J connectivity index is 1.90. The molecule has 2 heterocycles. The van der Waals surface area contributed by atoms with E-state index in [2.05, 4.69) is 4.98 Å². The van der Waals surface area contributed by atoms with Gasteiger partial charge in [0.1, 0.15) is 11.5 Å². The summed E-state index contributed by atoms with van der Waals surface area (Å²) < 4.78 is 15.2. The third-order valence-electron chi connectivity index (χ3n) is 3.80. The summed E-state index contributed by atoms with van der Waals surface area (Å²) in [6, 6.07) is 3.92. The molecule has 6 nitrogen and oxygen atoms in total. The van der Waals surface area contributed by atoms with Crippen LogP contribution < -0.4 is 4.90 Å². The van der Waals surface area contributed by atoms with Gasteiger partial charge < -0.3 is 9.47 Å². The minimum absolute atomic E-state index is 0.156. The predicted molar refractivity (Wildman–Crippen MR) is 75.6 cm³/mol. The molecule has 0 amide bonds. The van der Waals surface area contributed by atoms with Gasteiger partial charge in [-0.2, -0.15) is 0 Å². The minimum atomic E-state index is -0.587. The Labute approximate surface area is 121 Å². The molecule has 0 saturated carbocycles. The fourth-order valence-corrected chi connectivity index (χ4v) is 2.87. The van der Waals surface area contributed by atoms with Crippen LogP contribution in [0.4, 0.5) is 15.8 Å². The van der Waals surface area contributed by atoms with Gasteiger partial charge in [0.15, 0.2) is 0 Å². The smallest absolute Gasteiger partial charge is 0.295 e. The van der Waals surface area contributed by atoms with Crippen LogP contribution in [0.25, 0.3) is 0 Å². The summed E-state index contributed by atoms with van der Waals surface area (Å²) in [6.07, 6.45) is 7.23. The van der Waals surface area contributed by atoms with Crippen LogP contribution >= 0.6 is 0 Å². The van der Waals surface area contributed by atoms with Crippen molar-refractivity contribution >= 4 is 11.4 Å². The maximum atomic E-state index is 13.3. The SMILES string of the molecule is O=[N+]([O-])c1cc(F)ccc1N1CCCC1Cn1ccnc1. The first kappa shape index (κ1) is 13.5. The van der Waals surface area contributed by atoms with E-state index in [1.165, 1.54) is 12.1 Å². The summed E-state index contributed by atoms with van der Waals surface area (Å²) in [7, 11) is 0. The Bertz CT molecular complexity index is 644. The van der Waals surface area contributed by atoms with Crippen LogP contribution in [0.2, 0.25) is 0 Å². The molecule has 110 valence electrons. The van der Waals surface area contributed by atoms with E-state index in [9.17, 15) is 14.5 Å². The molecule has 0 radical (unpaired) electrons. The van der Waals surface area contributed by atoms with Crippen LogP contribution in [0.15, 0.2) is 36.9 Å². The van der Waals surface area contributed by atoms with Gasteiger partial charge in [-0.05, 0) is 25.0 Å². The highest BCUT2D eigenvalue weighted by Crippen LogP contribution is 2.34. The van der Waals surface area contributed by atoms with Crippen molar-refractivity contribution in [2.24, 2.45) is 0 Å². The highest BCUT2D eigenvalue weighted by molar-refractivity contribution is 5.64. The number of aromatic nitrogens is 2. The van der Waals surface area contributed by atoms with Gasteiger partial charge >= 0.3 is 0 Å². The van der Waals surface area contributed by atoms with E-state index in [-0.39, 0.29) is 11.7 Å². The second-order valence-electron chi connectivity index (χ2n) is 5.14. The summed E-state index contributed by atoms with van der Waals surface area (Å²) in [5.41, 5.74) is 0.316. The number of hydrogen-bond acceptors (Lipinski definition) is 4. The maximum Gasteiger partial charge on any atom is 0.295 e. The standard InChI is InChI=1S/C14H15FN4O2/c15-11-3-4-13(14(8-11)19(20)21)18-6-1-2-12(18)9-17-7-5-16-10-17/h3-5,7-8,10,12H,1-2,6,9H2. The van der Waals surface area contributed by atoms with Gasteiger partial charge in [0.25, 0.3) is 5.69 Å². The van der Waals surface area contributed by atoms with E-state index in [0.29, 0.717) is 12.2 Å². The lowest BCUT2D eigenvalue weighted by Gasteiger charge is -2.26. The lowest BCUT2D eigenvalue weighted by atomic mass is 10.2. The molecule has 0 aliphatic carbocycles. The first-order chi connectivity index (χ1) is 10.1. The second kappa shape index (κ2) is 5.51. The summed E-state index contributed by atoms with van der Waals surface area (Å²) in [5, 5.41) is 11.2. The van der Waals surface area contributed by atoms with Gasteiger partial charge in [-0.25, -0.2) is 9.37 Å². The summed E-state index contributed by atoms with van der Waals surface area (Å²) in [6.45, 7) is 1.46. The zero-order valence-electron chi connectivity index (χ0n) is 11.4. The highest BCUT2D eigenvalue weighted by Gasteiger charge is 2.30. The van der Waals surface area contributed by atoms with Crippen LogP contribution in [0.5, 0.6) is 0 Å². The number of nitro groups is 1. The second-order valence-corrected chi connectivity index (χ2v) is 5.14. The molecule has 3 rings (SSSR count). The number of rotatable bonds is 4. The third kappa shape index (κ3) is 2.72. The molecule has 1 aliphatic heterocycles. The van der Waals surface area contributed by atoms with Gasteiger partial charge in [-0.3, -0.25) is 10.1 Å². The molecule has 1 saturated heterocycles. The monoisotopic (exact) mass is 290 g/mol. The number of halogens is 1. The molecular formula is C14H15FN4O2. The number of anilines is 1. The number of benzene rings is 1. The molecule has 7 heteroatoms. The van der Waals surface area contributed by atoms with Gasteiger partial charge in [-0.15, -0.1) is 0 Å². The molecule has 1 aliphatic rings. The normalized spacial score (nSPS) is 18.1. The number of imidazole rings is 1. The van der Waals surface area contributed by atoms with Crippen molar-refractivity contribution in [2.75, 3.05) is 11.4 Å². The van der Waals surface area contributed by atoms with Crippen LogP contribution in [-0.4, -0.2) is 27.1 Å². The van der Waals surface area contributed by atoms with E-state index in [1.54, 1.807) is 12.5 Å². The lowest BCUT2D eigenvalue weighted by molar-refractivity contribution is -0.384. The average molecular weight is 290 g/mol. The zero-order chi connectivity index (χ0) is 14.8. The Kier molecular flexibility index (Phi) is 3.55. The molecule has 0 N–H and O–H groups in total. The first-order valence-corrected chi connectivity index (χ1v) is 6.81. The van der Waals surface area contributed by atoms with E-state index in [4.69, 9.17) is 0 Å². The molecule has 2 aromatic rings. The fourth-order valence-electron chi connectivity index (χ4n) is 2.87. The Hall–Kier alpha value is -2.44. The quantitative estimate of drug-likeness (QED) is 0.641. The molecule has 0 spiro atoms. The van der Waals surface area contributed by atoms with Gasteiger partial charge in [0.2, 0.25) is 0 Å². The van der Waals surface area contributed by atoms with Crippen molar-refractivity contribution in [3.05, 3.63) is 52.9 Å². The number of nitro benzene ring substituents is 1. The number of hydrogen-bond donors (Lipinski definition) is 0. The van der Waals surface area contributed by atoms with Gasteiger partial charge in [0.05, 0.1) is 17.3 Å². The zero-order valence-corrected chi connectivity index (χ0v) is 11.4. The average Bonchev–Trinajstić information content (AvgIpc) is 3.11. The molecule has 0 bridgehead atoms. The first-order valence-electron chi connectivity index (χ1n) is 6.81. The summed E-state index contributed by atoms with van der Waals surface area (Å²) >= 11 is 0. The van der Waals surface area contributed by atoms with E-state index >= 15 is 0 Å². The van der Waals surface area contributed by atoms with Gasteiger partial charge in [-0.1, -0.05) is 0 Å². The van der Waals surface area contributed by atoms with Crippen molar-refractivity contribution in [3.8, 4) is 0 Å². The lowest BCUT2D eigenvalue weighted by Crippen LogP contribution is -2.33. The molecule has 1 unspecified atom stereocenters. The minimum Gasteiger partial charge on any atom is -0.361 e. The van der Waals surface area contributed by atoms with Crippen LogP contribution in [0, 0.1) is 15.9 Å². The van der Waals surface area contributed by atoms with E-state index in [0.717, 1.165) is 25.5 Å². The molecule has 1 aromatic carbocycles. The fraction of sp³-hybridized carbons (Fsp3) is 0.357. The Morgan fingerprint density at radius 2 is 2.33 bits per heavy atom. The Morgan fingerprint density at radius 3 is 3.05 bits per heavy atom. The molecule has 1 aromatic heterocycles. The summed E-state index contributed by atoms with van der Waals surface area (Å²) in [5.74, 6) is -0.587. The van der Waals surface area contributed by atoms with Crippen molar-refractivity contribution in [1.82, 2.24) is 9.55 Å². The molecular weight excluding hydrogens is 275 g/mol. The summed E-state index contributed by atoms with van der Waals surface area (Å²) in [4.78, 5) is 16.6. The van der Waals surface area contributed by atoms with Crippen molar-refractivity contribution < 1.29 is 9.31 Å². The van der Waals surface area contributed by atoms with Crippen LogP contribution in [0.1, 0.15) is 12.8 Å². The highest BCUT2D eigenvalue weighted by atomic mass is 19.1. The van der Waals surface area contributed by atoms with Crippen molar-refractivity contribution in [3.63, 3.8) is 0 Å². The van der Waals surface area contributed by atoms with Crippen LogP contribution in [-0.2, 0) is 6.54 Å². The molecule has 1 fully saturated rings. The Morgan fingerprint density at radius 1 is 1.48 bits per heavy atom. The largest absolute Gasteiger partial charge is 0.361 e. The topological polar surface area (TPSA) is 64.2 Å². The van der Waals surface area contributed by atoms with Gasteiger partial charge in [0, 0.05) is 31.5 Å². The predicted octanol–water partition coefficient (Wildman–Crippen LogP) is 2.60. The van der Waals surface area contributed by atoms with E-state index < -0.39 is 10.7 Å². The van der Waals surface area contributed by atoms with Crippen molar-refractivity contribution in [1.29, 1.82) is 0 Å². The van der Waals surface area contributed by atoms with Crippen LogP contribution in [0.3, 0.4) is 0 Å². The number of nitrogens with zero attached hydrogens (tertiary/aromatic N) is 4. The maximum absolute atomic E-state index is 13.3. The molecule has 1 atom stereocenters. The van der Waals surface area contributed by atoms with Crippen molar-refractivity contribution in [2.45, 2.75) is 25.4 Å².